The molecule has 0 aromatic heterocycles. The third-order valence-electron chi connectivity index (χ3n) is 1.39. The maximum absolute atomic E-state index is 10.4. The summed E-state index contributed by atoms with van der Waals surface area (Å²) in [4.78, 5) is 19.5. The number of rotatable bonds is 2. The average molecular weight is 237 g/mol. The van der Waals surface area contributed by atoms with Gasteiger partial charge < -0.3 is 0 Å². The first-order chi connectivity index (χ1) is 6.09. The molecule has 3 nitrogen and oxygen atoms in total. The Balaban J connectivity index is 0.00000169. The fourth-order valence-electron chi connectivity index (χ4n) is 0.810. The number of aryl methyl sites for hydroxylation is 1. The highest BCUT2D eigenvalue weighted by Crippen LogP contribution is 2.21. The number of hydrogen-bond acceptors (Lipinski definition) is 3. The van der Waals surface area contributed by atoms with Crippen LogP contribution in [-0.4, -0.2) is 5.97 Å². The van der Waals surface area contributed by atoms with Gasteiger partial charge >= 0.3 is 5.97 Å². The molecule has 0 amide bonds. The summed E-state index contributed by atoms with van der Waals surface area (Å²) < 4.78 is 0. The zero-order valence-corrected chi connectivity index (χ0v) is 9.32. The van der Waals surface area contributed by atoms with Crippen molar-refractivity contribution in [2.45, 2.75) is 13.8 Å². The SMILES string of the molecule is CC(=O)OOc1ccc(Cl)cc1C.Cl. The molecule has 0 aliphatic carbocycles. The number of benzene rings is 1. The fourth-order valence-corrected chi connectivity index (χ4v) is 1.04. The molecule has 14 heavy (non-hydrogen) atoms. The lowest BCUT2D eigenvalue weighted by molar-refractivity contribution is -0.211. The van der Waals surface area contributed by atoms with Crippen molar-refractivity contribution in [1.29, 1.82) is 0 Å². The van der Waals surface area contributed by atoms with Crippen molar-refractivity contribution in [1.82, 2.24) is 0 Å². The van der Waals surface area contributed by atoms with E-state index in [4.69, 9.17) is 16.5 Å². The lowest BCUT2D eigenvalue weighted by Crippen LogP contribution is -2.03. The van der Waals surface area contributed by atoms with Crippen LogP contribution in [0.5, 0.6) is 5.75 Å². The minimum atomic E-state index is -0.491. The highest BCUT2D eigenvalue weighted by atomic mass is 35.5. The van der Waals surface area contributed by atoms with E-state index in [1.807, 2.05) is 6.92 Å². The summed E-state index contributed by atoms with van der Waals surface area (Å²) in [6.07, 6.45) is 0. The van der Waals surface area contributed by atoms with E-state index >= 15 is 0 Å². The minimum Gasteiger partial charge on any atom is -0.287 e. The summed E-state index contributed by atoms with van der Waals surface area (Å²) in [5.74, 6) is -0.00560. The van der Waals surface area contributed by atoms with Gasteiger partial charge in [-0.1, -0.05) is 11.6 Å². The molecule has 0 aliphatic rings. The van der Waals surface area contributed by atoms with Gasteiger partial charge in [0, 0.05) is 11.9 Å². The molecule has 78 valence electrons. The van der Waals surface area contributed by atoms with Gasteiger partial charge in [0.2, 0.25) is 0 Å². The van der Waals surface area contributed by atoms with Crippen molar-refractivity contribution in [2.24, 2.45) is 0 Å². The molecule has 1 aromatic rings. The van der Waals surface area contributed by atoms with Crippen LogP contribution in [0.15, 0.2) is 18.2 Å². The van der Waals surface area contributed by atoms with Crippen LogP contribution in [0, 0.1) is 6.92 Å². The quantitative estimate of drug-likeness (QED) is 0.586. The summed E-state index contributed by atoms with van der Waals surface area (Å²) in [6, 6.07) is 5.02. The Kier molecular flexibility index (Phi) is 5.35. The fraction of sp³-hybridized carbons (Fsp3) is 0.222. The Morgan fingerprint density at radius 2 is 2.07 bits per heavy atom. The number of halogens is 2. The largest absolute Gasteiger partial charge is 0.352 e. The van der Waals surface area contributed by atoms with Crippen LogP contribution in [0.3, 0.4) is 0 Å². The second-order valence-electron chi connectivity index (χ2n) is 2.57. The van der Waals surface area contributed by atoms with E-state index in [0.717, 1.165) is 5.56 Å². The monoisotopic (exact) mass is 236 g/mol. The predicted octanol–water partition coefficient (Wildman–Crippen LogP) is 2.93. The van der Waals surface area contributed by atoms with Gasteiger partial charge in [-0.15, -0.1) is 12.4 Å². The Morgan fingerprint density at radius 1 is 1.43 bits per heavy atom. The molecule has 5 heteroatoms. The molecule has 0 heterocycles. The van der Waals surface area contributed by atoms with Crippen LogP contribution in [0.25, 0.3) is 0 Å². The van der Waals surface area contributed by atoms with Crippen molar-refractivity contribution in [3.05, 3.63) is 28.8 Å². The third kappa shape index (κ3) is 3.85. The molecule has 0 N–H and O–H groups in total. The van der Waals surface area contributed by atoms with Gasteiger partial charge in [-0.25, -0.2) is 4.79 Å². The summed E-state index contributed by atoms with van der Waals surface area (Å²) in [6.45, 7) is 3.08. The summed E-state index contributed by atoms with van der Waals surface area (Å²) in [5.41, 5.74) is 0.814. The zero-order chi connectivity index (χ0) is 9.84. The van der Waals surface area contributed by atoms with E-state index in [1.165, 1.54) is 6.92 Å². The van der Waals surface area contributed by atoms with Crippen molar-refractivity contribution < 1.29 is 14.6 Å². The highest BCUT2D eigenvalue weighted by molar-refractivity contribution is 6.30. The molecule has 0 saturated heterocycles. The first kappa shape index (κ1) is 13.1. The van der Waals surface area contributed by atoms with Crippen LogP contribution in [-0.2, 0) is 9.68 Å². The third-order valence-corrected chi connectivity index (χ3v) is 1.62. The van der Waals surface area contributed by atoms with Crippen molar-refractivity contribution in [2.75, 3.05) is 0 Å². The molecule has 0 spiro atoms. The number of carbonyl (C=O) groups excluding carboxylic acids is 1. The maximum Gasteiger partial charge on any atom is 0.352 e. The van der Waals surface area contributed by atoms with Crippen LogP contribution in [0.4, 0.5) is 0 Å². The van der Waals surface area contributed by atoms with Crippen LogP contribution in [0.1, 0.15) is 12.5 Å². The van der Waals surface area contributed by atoms with Gasteiger partial charge in [0.25, 0.3) is 0 Å². The molecular formula is C9H10Cl2O3. The number of hydrogen-bond donors (Lipinski definition) is 0. The van der Waals surface area contributed by atoms with E-state index in [-0.39, 0.29) is 12.4 Å². The molecule has 1 rings (SSSR count). The first-order valence-electron chi connectivity index (χ1n) is 3.71. The molecule has 0 fully saturated rings. The van der Waals surface area contributed by atoms with Gasteiger partial charge in [0.1, 0.15) is 0 Å². The lowest BCUT2D eigenvalue weighted by Gasteiger charge is -2.04. The Bertz CT molecular complexity index is 326. The van der Waals surface area contributed by atoms with E-state index in [9.17, 15) is 4.79 Å². The topological polar surface area (TPSA) is 35.5 Å². The van der Waals surface area contributed by atoms with Crippen molar-refractivity contribution >= 4 is 30.0 Å². The molecule has 0 aliphatic heterocycles. The maximum atomic E-state index is 10.4. The average Bonchev–Trinajstić information content (AvgIpc) is 2.02. The first-order valence-corrected chi connectivity index (χ1v) is 4.08. The van der Waals surface area contributed by atoms with Crippen LogP contribution in [0.2, 0.25) is 5.02 Å². The van der Waals surface area contributed by atoms with E-state index in [2.05, 4.69) is 4.89 Å². The molecule has 1 aromatic carbocycles. The van der Waals surface area contributed by atoms with Gasteiger partial charge in [-0.2, -0.15) is 0 Å². The van der Waals surface area contributed by atoms with Crippen LogP contribution < -0.4 is 4.89 Å². The van der Waals surface area contributed by atoms with Crippen molar-refractivity contribution in [3.8, 4) is 5.75 Å². The summed E-state index contributed by atoms with van der Waals surface area (Å²) in [5, 5.41) is 0.618. The number of carbonyl (C=O) groups is 1. The smallest absolute Gasteiger partial charge is 0.287 e. The minimum absolute atomic E-state index is 0. The van der Waals surface area contributed by atoms with Gasteiger partial charge in [0.05, 0.1) is 0 Å². The Labute approximate surface area is 93.3 Å². The van der Waals surface area contributed by atoms with Gasteiger partial charge in [-0.3, -0.25) is 9.78 Å². The second-order valence-corrected chi connectivity index (χ2v) is 3.00. The summed E-state index contributed by atoms with van der Waals surface area (Å²) in [7, 11) is 0. The molecule has 0 saturated carbocycles. The Morgan fingerprint density at radius 3 is 2.57 bits per heavy atom. The van der Waals surface area contributed by atoms with E-state index in [1.54, 1.807) is 18.2 Å². The zero-order valence-electron chi connectivity index (χ0n) is 7.74. The predicted molar refractivity (Wildman–Crippen MR) is 55.8 cm³/mol. The summed E-state index contributed by atoms with van der Waals surface area (Å²) >= 11 is 5.72. The Hall–Kier alpha value is -0.930. The van der Waals surface area contributed by atoms with E-state index < -0.39 is 5.97 Å². The second kappa shape index (κ2) is 5.73. The van der Waals surface area contributed by atoms with E-state index in [0.29, 0.717) is 10.8 Å². The van der Waals surface area contributed by atoms with Crippen molar-refractivity contribution in [3.63, 3.8) is 0 Å². The molecule has 0 atom stereocenters. The van der Waals surface area contributed by atoms with Gasteiger partial charge in [-0.05, 0) is 30.7 Å². The lowest BCUT2D eigenvalue weighted by atomic mass is 10.2. The normalized spacial score (nSPS) is 8.79. The molecule has 0 radical (unpaired) electrons. The van der Waals surface area contributed by atoms with Crippen LogP contribution >= 0.6 is 24.0 Å². The molecular weight excluding hydrogens is 227 g/mol. The molecule has 0 bridgehead atoms. The standard InChI is InChI=1S/C9H9ClO3.ClH/c1-6-5-8(10)3-4-9(6)13-12-7(2)11;/h3-5H,1-2H3;1H. The highest BCUT2D eigenvalue weighted by Gasteiger charge is 2.02. The van der Waals surface area contributed by atoms with Gasteiger partial charge in [0.15, 0.2) is 5.75 Å². The molecule has 0 unspecified atom stereocenters.